The van der Waals surface area contributed by atoms with Crippen LogP contribution < -0.4 is 10.6 Å². The number of hydrogen-bond donors (Lipinski definition) is 2. The number of nitrogens with one attached hydrogen (secondary N) is 2. The smallest absolute Gasteiger partial charge is 0.234 e. The molecule has 6 heteroatoms. The first-order chi connectivity index (χ1) is 9.16. The van der Waals surface area contributed by atoms with Gasteiger partial charge in [0.1, 0.15) is 0 Å². The number of ether oxygens (including phenoxy) is 1. The number of anilines is 1. The number of rotatable bonds is 5. The van der Waals surface area contributed by atoms with Gasteiger partial charge in [-0.05, 0) is 39.8 Å². The lowest BCUT2D eigenvalue weighted by molar-refractivity contribution is -0.117. The van der Waals surface area contributed by atoms with Crippen LogP contribution in [0.1, 0.15) is 30.5 Å². The maximum Gasteiger partial charge on any atom is 0.234 e. The Hall–Kier alpha value is -1.40. The van der Waals surface area contributed by atoms with E-state index < -0.39 is 0 Å². The van der Waals surface area contributed by atoms with Gasteiger partial charge in [-0.2, -0.15) is 0 Å². The highest BCUT2D eigenvalue weighted by atomic mass is 16.5. The zero-order chi connectivity index (χ0) is 13.7. The van der Waals surface area contributed by atoms with Gasteiger partial charge in [0.05, 0.1) is 24.8 Å². The minimum Gasteiger partial charge on any atom is -0.378 e. The zero-order valence-electron chi connectivity index (χ0n) is 11.5. The summed E-state index contributed by atoms with van der Waals surface area (Å²) in [5.41, 5.74) is 1.66. The molecule has 0 saturated carbocycles. The molecule has 0 aromatic carbocycles. The lowest BCUT2D eigenvalue weighted by Crippen LogP contribution is -2.33. The van der Waals surface area contributed by atoms with Crippen LogP contribution in [0.25, 0.3) is 0 Å². The van der Waals surface area contributed by atoms with E-state index in [1.165, 1.54) is 0 Å². The van der Waals surface area contributed by atoms with Crippen LogP contribution in [0.3, 0.4) is 0 Å². The molecular formula is C13H21N3O3. The number of carbonyl (C=O) groups excluding carboxylic acids is 1. The summed E-state index contributed by atoms with van der Waals surface area (Å²) in [6.07, 6.45) is 2.65. The Morgan fingerprint density at radius 1 is 1.47 bits per heavy atom. The molecule has 1 saturated heterocycles. The normalized spacial score (nSPS) is 16.5. The van der Waals surface area contributed by atoms with Crippen LogP contribution in [0.2, 0.25) is 0 Å². The van der Waals surface area contributed by atoms with Gasteiger partial charge < -0.3 is 14.6 Å². The van der Waals surface area contributed by atoms with Crippen molar-refractivity contribution < 1.29 is 14.1 Å². The van der Waals surface area contributed by atoms with Crippen molar-refractivity contribution in [2.75, 3.05) is 25.0 Å². The molecule has 0 spiro atoms. The van der Waals surface area contributed by atoms with Gasteiger partial charge in [-0.3, -0.25) is 10.1 Å². The molecule has 1 aliphatic rings. The van der Waals surface area contributed by atoms with Crippen LogP contribution in [0.5, 0.6) is 0 Å². The van der Waals surface area contributed by atoms with E-state index in [0.717, 1.165) is 37.2 Å². The fourth-order valence-electron chi connectivity index (χ4n) is 2.00. The van der Waals surface area contributed by atoms with Crippen molar-refractivity contribution >= 4 is 11.8 Å². The average molecular weight is 267 g/mol. The molecule has 1 fully saturated rings. The molecule has 2 N–H and O–H groups in total. The number of nitrogens with zero attached hydrogens (tertiary/aromatic N) is 1. The first kappa shape index (κ1) is 14.0. The molecule has 2 rings (SSSR count). The number of aryl methyl sites for hydroxylation is 1. The van der Waals surface area contributed by atoms with Crippen molar-refractivity contribution in [3.8, 4) is 0 Å². The zero-order valence-corrected chi connectivity index (χ0v) is 11.5. The average Bonchev–Trinajstić information content (AvgIpc) is 2.72. The van der Waals surface area contributed by atoms with Gasteiger partial charge in [-0.15, -0.1) is 0 Å². The second-order valence-corrected chi connectivity index (χ2v) is 4.84. The van der Waals surface area contributed by atoms with Gasteiger partial charge in [0.2, 0.25) is 11.8 Å². The van der Waals surface area contributed by atoms with E-state index in [1.54, 1.807) is 0 Å². The standard InChI is InChI=1S/C13H21N3O3/c1-9-10(2)16-19-13(9)15-12(17)5-8-18-11-3-6-14-7-4-11/h11,14H,3-8H2,1-2H3,(H,15,17). The minimum absolute atomic E-state index is 0.104. The van der Waals surface area contributed by atoms with Crippen molar-refractivity contribution in [3.05, 3.63) is 11.3 Å². The molecule has 0 radical (unpaired) electrons. The predicted molar refractivity (Wildman–Crippen MR) is 71.1 cm³/mol. The monoisotopic (exact) mass is 267 g/mol. The van der Waals surface area contributed by atoms with Crippen LogP contribution in [0.15, 0.2) is 4.52 Å². The topological polar surface area (TPSA) is 76.4 Å². The molecule has 106 valence electrons. The Morgan fingerprint density at radius 3 is 2.84 bits per heavy atom. The van der Waals surface area contributed by atoms with E-state index >= 15 is 0 Å². The van der Waals surface area contributed by atoms with Gasteiger partial charge in [-0.25, -0.2) is 0 Å². The van der Waals surface area contributed by atoms with Crippen molar-refractivity contribution in [3.63, 3.8) is 0 Å². The molecule has 1 aromatic rings. The second kappa shape index (κ2) is 6.68. The maximum absolute atomic E-state index is 11.7. The van der Waals surface area contributed by atoms with Gasteiger partial charge in [0.25, 0.3) is 0 Å². The highest BCUT2D eigenvalue weighted by molar-refractivity contribution is 5.90. The number of carbonyl (C=O) groups is 1. The van der Waals surface area contributed by atoms with Crippen LogP contribution >= 0.6 is 0 Å². The lowest BCUT2D eigenvalue weighted by Gasteiger charge is -2.22. The number of piperidine rings is 1. The van der Waals surface area contributed by atoms with E-state index in [0.29, 0.717) is 18.9 Å². The first-order valence-corrected chi connectivity index (χ1v) is 6.72. The van der Waals surface area contributed by atoms with Gasteiger partial charge in [0.15, 0.2) is 0 Å². The predicted octanol–water partition coefficient (Wildman–Crippen LogP) is 1.39. The summed E-state index contributed by atoms with van der Waals surface area (Å²) in [7, 11) is 0. The molecule has 19 heavy (non-hydrogen) atoms. The van der Waals surface area contributed by atoms with E-state index in [4.69, 9.17) is 9.26 Å². The molecule has 0 bridgehead atoms. The Balaban J connectivity index is 1.68. The van der Waals surface area contributed by atoms with Crippen LogP contribution in [-0.2, 0) is 9.53 Å². The number of hydrogen-bond acceptors (Lipinski definition) is 5. The maximum atomic E-state index is 11.7. The van der Waals surface area contributed by atoms with Crippen LogP contribution in [0, 0.1) is 13.8 Å². The first-order valence-electron chi connectivity index (χ1n) is 6.72. The lowest BCUT2D eigenvalue weighted by atomic mass is 10.1. The molecule has 0 unspecified atom stereocenters. The second-order valence-electron chi connectivity index (χ2n) is 4.84. The molecular weight excluding hydrogens is 246 g/mol. The van der Waals surface area contributed by atoms with Crippen molar-refractivity contribution in [1.82, 2.24) is 10.5 Å². The fourth-order valence-corrected chi connectivity index (χ4v) is 2.00. The summed E-state index contributed by atoms with van der Waals surface area (Å²) in [5, 5.41) is 9.78. The van der Waals surface area contributed by atoms with E-state index in [2.05, 4.69) is 15.8 Å². The Bertz CT molecular complexity index is 425. The minimum atomic E-state index is -0.104. The third-order valence-electron chi connectivity index (χ3n) is 3.38. The van der Waals surface area contributed by atoms with Gasteiger partial charge >= 0.3 is 0 Å². The molecule has 0 aliphatic carbocycles. The molecule has 1 aliphatic heterocycles. The van der Waals surface area contributed by atoms with Crippen LogP contribution in [-0.4, -0.2) is 36.9 Å². The Kier molecular flexibility index (Phi) is 4.93. The third-order valence-corrected chi connectivity index (χ3v) is 3.38. The number of aromatic nitrogens is 1. The summed E-state index contributed by atoms with van der Waals surface area (Å²) >= 11 is 0. The van der Waals surface area contributed by atoms with Crippen molar-refractivity contribution in [2.45, 2.75) is 39.2 Å². The molecule has 1 amide bonds. The van der Waals surface area contributed by atoms with Crippen molar-refractivity contribution in [2.24, 2.45) is 0 Å². The van der Waals surface area contributed by atoms with Gasteiger partial charge in [-0.1, -0.05) is 5.16 Å². The Morgan fingerprint density at radius 2 is 2.21 bits per heavy atom. The van der Waals surface area contributed by atoms with E-state index in [9.17, 15) is 4.79 Å². The molecule has 6 nitrogen and oxygen atoms in total. The van der Waals surface area contributed by atoms with Gasteiger partial charge in [0, 0.05) is 5.56 Å². The third kappa shape index (κ3) is 4.04. The highest BCUT2D eigenvalue weighted by Crippen LogP contribution is 2.17. The summed E-state index contributed by atoms with van der Waals surface area (Å²) in [6, 6.07) is 0. The summed E-state index contributed by atoms with van der Waals surface area (Å²) in [5.74, 6) is 0.331. The van der Waals surface area contributed by atoms with E-state index in [1.807, 2.05) is 13.8 Å². The SMILES string of the molecule is Cc1noc(NC(=O)CCOC2CCNCC2)c1C. The van der Waals surface area contributed by atoms with Crippen molar-refractivity contribution in [1.29, 1.82) is 0 Å². The highest BCUT2D eigenvalue weighted by Gasteiger charge is 2.15. The molecule has 0 atom stereocenters. The van der Waals surface area contributed by atoms with E-state index in [-0.39, 0.29) is 12.0 Å². The summed E-state index contributed by atoms with van der Waals surface area (Å²) < 4.78 is 10.7. The summed E-state index contributed by atoms with van der Waals surface area (Å²) in [6.45, 7) is 6.14. The number of amides is 1. The quantitative estimate of drug-likeness (QED) is 0.843. The largest absolute Gasteiger partial charge is 0.378 e. The molecule has 2 heterocycles. The summed E-state index contributed by atoms with van der Waals surface area (Å²) in [4.78, 5) is 11.7. The van der Waals surface area contributed by atoms with Crippen LogP contribution in [0.4, 0.5) is 5.88 Å². The Labute approximate surface area is 112 Å². The molecule has 1 aromatic heterocycles. The fraction of sp³-hybridized carbons (Fsp3) is 0.692.